The Morgan fingerprint density at radius 3 is 2.24 bits per heavy atom. The standard InChI is InChI=1S/C24H32ClN3O4S/c1-4-5-15-26-24(30)22(16-19-9-7-6-8-10-19)28(17-20-11-13-21(25)14-12-20)23(29)18-27(2)33(3,31)32/h6-14,22H,4-5,15-18H2,1-3H3,(H,26,30)/t22-/m1/s1. The van der Waals surface area contributed by atoms with Crippen LogP contribution >= 0.6 is 11.6 Å². The lowest BCUT2D eigenvalue weighted by Crippen LogP contribution is -2.53. The van der Waals surface area contributed by atoms with Gasteiger partial charge in [-0.2, -0.15) is 4.31 Å². The quantitative estimate of drug-likeness (QED) is 0.460. The van der Waals surface area contributed by atoms with Crippen molar-refractivity contribution in [1.29, 1.82) is 0 Å². The number of rotatable bonds is 12. The Labute approximate surface area is 201 Å². The van der Waals surface area contributed by atoms with Crippen molar-refractivity contribution in [3.8, 4) is 0 Å². The lowest BCUT2D eigenvalue weighted by atomic mass is 10.0. The molecular formula is C24H32ClN3O4S. The molecule has 2 aromatic carbocycles. The molecular weight excluding hydrogens is 462 g/mol. The van der Waals surface area contributed by atoms with Crippen molar-refractivity contribution in [3.05, 3.63) is 70.7 Å². The summed E-state index contributed by atoms with van der Waals surface area (Å²) in [5.74, 6) is -0.721. The predicted octanol–water partition coefficient (Wildman–Crippen LogP) is 3.09. The average molecular weight is 494 g/mol. The Balaban J connectivity index is 2.40. The van der Waals surface area contributed by atoms with Gasteiger partial charge in [0.25, 0.3) is 0 Å². The highest BCUT2D eigenvalue weighted by atomic mass is 35.5. The maximum atomic E-state index is 13.4. The molecule has 2 aromatic rings. The third kappa shape index (κ3) is 8.79. The molecule has 0 unspecified atom stereocenters. The number of likely N-dealkylation sites (N-methyl/N-ethyl adjacent to an activating group) is 1. The summed E-state index contributed by atoms with van der Waals surface area (Å²) in [6.45, 7) is 2.32. The maximum absolute atomic E-state index is 13.4. The van der Waals surface area contributed by atoms with Gasteiger partial charge in [0.05, 0.1) is 12.8 Å². The molecule has 0 radical (unpaired) electrons. The zero-order valence-electron chi connectivity index (χ0n) is 19.3. The lowest BCUT2D eigenvalue weighted by Gasteiger charge is -2.32. The van der Waals surface area contributed by atoms with Gasteiger partial charge in [0, 0.05) is 31.6 Å². The molecule has 0 aliphatic carbocycles. The number of benzene rings is 2. The number of nitrogens with zero attached hydrogens (tertiary/aromatic N) is 2. The van der Waals surface area contributed by atoms with E-state index in [1.165, 1.54) is 11.9 Å². The number of carbonyl (C=O) groups excluding carboxylic acids is 2. The summed E-state index contributed by atoms with van der Waals surface area (Å²) in [6, 6.07) is 15.7. The number of nitrogens with one attached hydrogen (secondary N) is 1. The fourth-order valence-electron chi connectivity index (χ4n) is 3.25. The molecule has 180 valence electrons. The molecule has 0 aromatic heterocycles. The fraction of sp³-hybridized carbons (Fsp3) is 0.417. The van der Waals surface area contributed by atoms with Crippen molar-refractivity contribution >= 4 is 33.4 Å². The van der Waals surface area contributed by atoms with Crippen LogP contribution in [0.1, 0.15) is 30.9 Å². The summed E-state index contributed by atoms with van der Waals surface area (Å²) < 4.78 is 24.8. The molecule has 2 amide bonds. The molecule has 7 nitrogen and oxygen atoms in total. The van der Waals surface area contributed by atoms with Gasteiger partial charge in [-0.1, -0.05) is 67.4 Å². The van der Waals surface area contributed by atoms with E-state index >= 15 is 0 Å². The van der Waals surface area contributed by atoms with Gasteiger partial charge in [0.1, 0.15) is 6.04 Å². The van der Waals surface area contributed by atoms with E-state index in [0.717, 1.165) is 34.5 Å². The molecule has 0 fully saturated rings. The first kappa shape index (κ1) is 26.8. The van der Waals surface area contributed by atoms with Crippen LogP contribution in [0, 0.1) is 0 Å². The van der Waals surface area contributed by atoms with Gasteiger partial charge < -0.3 is 10.2 Å². The molecule has 1 atom stereocenters. The Bertz CT molecular complexity index is 1010. The molecule has 0 spiro atoms. The molecule has 0 saturated heterocycles. The Hall–Kier alpha value is -2.42. The van der Waals surface area contributed by atoms with E-state index < -0.39 is 22.0 Å². The van der Waals surface area contributed by atoms with E-state index in [0.29, 0.717) is 18.0 Å². The molecule has 0 aliphatic heterocycles. The molecule has 1 N–H and O–H groups in total. The molecule has 0 aliphatic rings. The minimum Gasteiger partial charge on any atom is -0.354 e. The van der Waals surface area contributed by atoms with Crippen LogP contribution in [-0.4, -0.2) is 61.9 Å². The second-order valence-electron chi connectivity index (χ2n) is 8.02. The molecule has 2 rings (SSSR count). The smallest absolute Gasteiger partial charge is 0.243 e. The topological polar surface area (TPSA) is 86.8 Å². The second-order valence-corrected chi connectivity index (χ2v) is 10.5. The van der Waals surface area contributed by atoms with Gasteiger partial charge in [0.2, 0.25) is 21.8 Å². The Morgan fingerprint density at radius 1 is 1.03 bits per heavy atom. The van der Waals surface area contributed by atoms with Gasteiger partial charge in [-0.05, 0) is 29.7 Å². The Morgan fingerprint density at radius 2 is 1.67 bits per heavy atom. The van der Waals surface area contributed by atoms with Crippen LogP contribution in [0.3, 0.4) is 0 Å². The number of amides is 2. The van der Waals surface area contributed by atoms with E-state index in [2.05, 4.69) is 5.32 Å². The third-order valence-corrected chi connectivity index (χ3v) is 6.80. The van der Waals surface area contributed by atoms with Crippen molar-refractivity contribution in [3.63, 3.8) is 0 Å². The van der Waals surface area contributed by atoms with E-state index in [1.807, 2.05) is 37.3 Å². The van der Waals surface area contributed by atoms with Crippen molar-refractivity contribution in [2.75, 3.05) is 26.4 Å². The number of unbranched alkanes of at least 4 members (excludes halogenated alkanes) is 1. The minimum atomic E-state index is -3.56. The van der Waals surface area contributed by atoms with Crippen LogP contribution in [0.5, 0.6) is 0 Å². The van der Waals surface area contributed by atoms with E-state index in [-0.39, 0.29) is 19.0 Å². The molecule has 33 heavy (non-hydrogen) atoms. The number of carbonyl (C=O) groups is 2. The molecule has 0 saturated carbocycles. The first-order valence-corrected chi connectivity index (χ1v) is 13.1. The summed E-state index contributed by atoms with van der Waals surface area (Å²) in [5, 5.41) is 3.49. The van der Waals surface area contributed by atoms with Gasteiger partial charge >= 0.3 is 0 Å². The zero-order chi connectivity index (χ0) is 24.4. The van der Waals surface area contributed by atoms with E-state index in [1.54, 1.807) is 24.3 Å². The van der Waals surface area contributed by atoms with Gasteiger partial charge in [-0.3, -0.25) is 9.59 Å². The zero-order valence-corrected chi connectivity index (χ0v) is 20.9. The number of hydrogen-bond acceptors (Lipinski definition) is 4. The first-order chi connectivity index (χ1) is 15.6. The summed E-state index contributed by atoms with van der Waals surface area (Å²) in [5.41, 5.74) is 1.69. The Kier molecular flexibility index (Phi) is 10.3. The monoisotopic (exact) mass is 493 g/mol. The normalized spacial score (nSPS) is 12.4. The second kappa shape index (κ2) is 12.7. The lowest BCUT2D eigenvalue weighted by molar-refractivity contribution is -0.141. The number of halogens is 1. The van der Waals surface area contributed by atoms with E-state index in [4.69, 9.17) is 11.6 Å². The molecule has 0 bridgehead atoms. The SMILES string of the molecule is CCCCNC(=O)[C@@H](Cc1ccccc1)N(Cc1ccc(Cl)cc1)C(=O)CN(C)S(C)(=O)=O. The highest BCUT2D eigenvalue weighted by molar-refractivity contribution is 7.88. The first-order valence-electron chi connectivity index (χ1n) is 10.9. The highest BCUT2D eigenvalue weighted by Gasteiger charge is 2.31. The van der Waals surface area contributed by atoms with Crippen LogP contribution < -0.4 is 5.32 Å². The van der Waals surface area contributed by atoms with Crippen molar-refractivity contribution < 1.29 is 18.0 Å². The van der Waals surface area contributed by atoms with Crippen molar-refractivity contribution in [1.82, 2.24) is 14.5 Å². The fourth-order valence-corrected chi connectivity index (χ4v) is 3.72. The van der Waals surface area contributed by atoms with Gasteiger partial charge in [-0.25, -0.2) is 8.42 Å². The van der Waals surface area contributed by atoms with Crippen LogP contribution in [0.4, 0.5) is 0 Å². The van der Waals surface area contributed by atoms with Crippen LogP contribution in [-0.2, 0) is 32.6 Å². The van der Waals surface area contributed by atoms with Crippen LogP contribution in [0.15, 0.2) is 54.6 Å². The van der Waals surface area contributed by atoms with Crippen molar-refractivity contribution in [2.24, 2.45) is 0 Å². The summed E-state index contributed by atoms with van der Waals surface area (Å²) in [4.78, 5) is 28.0. The average Bonchev–Trinajstić information content (AvgIpc) is 2.77. The molecule has 0 heterocycles. The highest BCUT2D eigenvalue weighted by Crippen LogP contribution is 2.17. The van der Waals surface area contributed by atoms with Gasteiger partial charge in [-0.15, -0.1) is 0 Å². The minimum absolute atomic E-state index is 0.145. The summed E-state index contributed by atoms with van der Waals surface area (Å²) in [7, 11) is -2.22. The summed E-state index contributed by atoms with van der Waals surface area (Å²) in [6.07, 6.45) is 3.10. The largest absolute Gasteiger partial charge is 0.354 e. The predicted molar refractivity (Wildman–Crippen MR) is 131 cm³/mol. The van der Waals surface area contributed by atoms with Crippen molar-refractivity contribution in [2.45, 2.75) is 38.8 Å². The van der Waals surface area contributed by atoms with E-state index in [9.17, 15) is 18.0 Å². The molecule has 9 heteroatoms. The maximum Gasteiger partial charge on any atom is 0.243 e. The van der Waals surface area contributed by atoms with Crippen LogP contribution in [0.2, 0.25) is 5.02 Å². The summed E-state index contributed by atoms with van der Waals surface area (Å²) >= 11 is 6.00. The van der Waals surface area contributed by atoms with Gasteiger partial charge in [0.15, 0.2) is 0 Å². The van der Waals surface area contributed by atoms with Crippen LogP contribution in [0.25, 0.3) is 0 Å². The third-order valence-electron chi connectivity index (χ3n) is 5.29. The number of sulfonamides is 1. The number of hydrogen-bond donors (Lipinski definition) is 1.